The smallest absolute Gasteiger partial charge is 0.316 e. The van der Waals surface area contributed by atoms with Crippen LogP contribution in [0.4, 0.5) is 4.79 Å². The van der Waals surface area contributed by atoms with Crippen LogP contribution in [0.15, 0.2) is 0 Å². The van der Waals surface area contributed by atoms with E-state index in [4.69, 9.17) is 11.6 Å². The van der Waals surface area contributed by atoms with Crippen LogP contribution < -0.4 is 0 Å². The fraction of sp³-hybridized carbons (Fsp3) is 0.875. The first-order valence-corrected chi connectivity index (χ1v) is 4.23. The molecule has 0 aliphatic carbocycles. The van der Waals surface area contributed by atoms with E-state index >= 15 is 0 Å². The largest absolute Gasteiger partial charge is 0.332 e. The van der Waals surface area contributed by atoms with Crippen molar-refractivity contribution in [1.82, 2.24) is 4.90 Å². The quantitative estimate of drug-likeness (QED) is 0.479. The number of amides is 1. The molecule has 0 N–H and O–H groups in total. The molecule has 0 saturated heterocycles. The lowest BCUT2D eigenvalue weighted by Crippen LogP contribution is -2.28. The highest BCUT2D eigenvalue weighted by atomic mass is 35.5. The molecule has 66 valence electrons. The number of rotatable bonds is 3. The van der Waals surface area contributed by atoms with E-state index in [2.05, 4.69) is 20.8 Å². The molecule has 0 aliphatic heterocycles. The fourth-order valence-corrected chi connectivity index (χ4v) is 0.784. The lowest BCUT2D eigenvalue weighted by molar-refractivity contribution is 0.218. The van der Waals surface area contributed by atoms with Crippen molar-refractivity contribution in [1.29, 1.82) is 0 Å². The topological polar surface area (TPSA) is 20.3 Å². The summed E-state index contributed by atoms with van der Waals surface area (Å²) in [6, 6.07) is 0. The number of carbonyl (C=O) groups excluding carboxylic acids is 1. The van der Waals surface area contributed by atoms with Crippen molar-refractivity contribution in [2.75, 3.05) is 13.6 Å². The minimum atomic E-state index is -0.377. The minimum absolute atomic E-state index is 0.377. The first-order valence-electron chi connectivity index (χ1n) is 3.85. The molecule has 1 amide bonds. The van der Waals surface area contributed by atoms with Crippen LogP contribution in [-0.4, -0.2) is 23.9 Å². The van der Waals surface area contributed by atoms with Gasteiger partial charge in [0.25, 0.3) is 0 Å². The summed E-state index contributed by atoms with van der Waals surface area (Å²) in [5.41, 5.74) is 0. The second-order valence-corrected chi connectivity index (χ2v) is 3.68. The molecule has 0 aromatic carbocycles. The van der Waals surface area contributed by atoms with Gasteiger partial charge >= 0.3 is 5.37 Å². The van der Waals surface area contributed by atoms with Crippen LogP contribution in [0.3, 0.4) is 0 Å². The summed E-state index contributed by atoms with van der Waals surface area (Å²) < 4.78 is 0. The molecule has 11 heavy (non-hydrogen) atoms. The van der Waals surface area contributed by atoms with Crippen molar-refractivity contribution >= 4 is 17.0 Å². The van der Waals surface area contributed by atoms with Crippen molar-refractivity contribution < 1.29 is 4.79 Å². The Balaban J connectivity index is 3.75. The Hall–Kier alpha value is -0.240. The van der Waals surface area contributed by atoms with Crippen molar-refractivity contribution in [3.05, 3.63) is 0 Å². The Kier molecular flexibility index (Phi) is 4.50. The third-order valence-corrected chi connectivity index (χ3v) is 2.29. The SMILES string of the molecule is CC(C)C(C)CN(C)C(=O)Cl. The molecular formula is C8H16ClNO. The van der Waals surface area contributed by atoms with E-state index < -0.39 is 0 Å². The molecule has 2 nitrogen and oxygen atoms in total. The second kappa shape index (κ2) is 4.60. The monoisotopic (exact) mass is 177 g/mol. The number of carbonyl (C=O) groups is 1. The highest BCUT2D eigenvalue weighted by molar-refractivity contribution is 6.62. The predicted molar refractivity (Wildman–Crippen MR) is 47.9 cm³/mol. The molecule has 1 atom stereocenters. The molecule has 1 unspecified atom stereocenters. The molecule has 0 saturated carbocycles. The van der Waals surface area contributed by atoms with E-state index in [1.54, 1.807) is 7.05 Å². The highest BCUT2D eigenvalue weighted by Gasteiger charge is 2.12. The van der Waals surface area contributed by atoms with Gasteiger partial charge in [-0.3, -0.25) is 4.79 Å². The zero-order valence-corrected chi connectivity index (χ0v) is 8.35. The van der Waals surface area contributed by atoms with Crippen molar-refractivity contribution in [3.63, 3.8) is 0 Å². The average Bonchev–Trinajstić information content (AvgIpc) is 1.87. The van der Waals surface area contributed by atoms with Crippen LogP contribution in [0.2, 0.25) is 0 Å². The van der Waals surface area contributed by atoms with E-state index in [9.17, 15) is 4.79 Å². The maximum absolute atomic E-state index is 10.6. The first-order chi connectivity index (χ1) is 4.95. The molecular weight excluding hydrogens is 162 g/mol. The standard InChI is InChI=1S/C8H16ClNO/c1-6(2)7(3)5-10(4)8(9)11/h6-7H,5H2,1-4H3. The normalized spacial score (nSPS) is 13.3. The Morgan fingerprint density at radius 2 is 1.91 bits per heavy atom. The Morgan fingerprint density at radius 1 is 1.45 bits per heavy atom. The van der Waals surface area contributed by atoms with Gasteiger partial charge in [-0.05, 0) is 23.4 Å². The summed E-state index contributed by atoms with van der Waals surface area (Å²) in [5, 5.41) is -0.377. The predicted octanol–water partition coefficient (Wildman–Crippen LogP) is 2.57. The number of hydrogen-bond donors (Lipinski definition) is 0. The van der Waals surface area contributed by atoms with Gasteiger partial charge in [0, 0.05) is 13.6 Å². The molecule has 0 radical (unpaired) electrons. The van der Waals surface area contributed by atoms with Crippen LogP contribution in [0, 0.1) is 11.8 Å². The third kappa shape index (κ3) is 4.25. The summed E-state index contributed by atoms with van der Waals surface area (Å²) in [5.74, 6) is 1.09. The molecule has 0 spiro atoms. The summed E-state index contributed by atoms with van der Waals surface area (Å²) in [6.45, 7) is 7.12. The lowest BCUT2D eigenvalue weighted by Gasteiger charge is -2.21. The van der Waals surface area contributed by atoms with Gasteiger partial charge in [0.2, 0.25) is 0 Å². The fourth-order valence-electron chi connectivity index (χ4n) is 0.715. The summed E-state index contributed by atoms with van der Waals surface area (Å²) in [6.07, 6.45) is 0. The maximum atomic E-state index is 10.6. The maximum Gasteiger partial charge on any atom is 0.316 e. The van der Waals surface area contributed by atoms with Crippen LogP contribution in [0.5, 0.6) is 0 Å². The molecule has 0 aromatic rings. The number of nitrogens with zero attached hydrogens (tertiary/aromatic N) is 1. The summed E-state index contributed by atoms with van der Waals surface area (Å²) in [7, 11) is 1.72. The van der Waals surface area contributed by atoms with Gasteiger partial charge in [0.05, 0.1) is 0 Å². The van der Waals surface area contributed by atoms with E-state index in [1.165, 1.54) is 4.90 Å². The summed E-state index contributed by atoms with van der Waals surface area (Å²) in [4.78, 5) is 12.1. The van der Waals surface area contributed by atoms with E-state index in [-0.39, 0.29) is 5.37 Å². The third-order valence-electron chi connectivity index (χ3n) is 2.00. The van der Waals surface area contributed by atoms with Crippen LogP contribution in [0.25, 0.3) is 0 Å². The number of halogens is 1. The van der Waals surface area contributed by atoms with E-state index in [0.29, 0.717) is 11.8 Å². The van der Waals surface area contributed by atoms with Gasteiger partial charge in [0.15, 0.2) is 0 Å². The minimum Gasteiger partial charge on any atom is -0.332 e. The molecule has 0 fully saturated rings. The van der Waals surface area contributed by atoms with E-state index in [1.807, 2.05) is 0 Å². The molecule has 0 aromatic heterocycles. The Morgan fingerprint density at radius 3 is 2.18 bits per heavy atom. The zero-order valence-electron chi connectivity index (χ0n) is 7.60. The molecule has 0 bridgehead atoms. The van der Waals surface area contributed by atoms with Crippen molar-refractivity contribution in [2.24, 2.45) is 11.8 Å². The lowest BCUT2D eigenvalue weighted by atomic mass is 9.98. The van der Waals surface area contributed by atoms with Gasteiger partial charge in [-0.1, -0.05) is 20.8 Å². The van der Waals surface area contributed by atoms with Crippen LogP contribution in [0.1, 0.15) is 20.8 Å². The Labute approximate surface area is 73.5 Å². The van der Waals surface area contributed by atoms with E-state index in [0.717, 1.165) is 6.54 Å². The van der Waals surface area contributed by atoms with Gasteiger partial charge in [-0.15, -0.1) is 0 Å². The zero-order chi connectivity index (χ0) is 9.02. The molecule has 0 rings (SSSR count). The van der Waals surface area contributed by atoms with Crippen molar-refractivity contribution in [2.45, 2.75) is 20.8 Å². The van der Waals surface area contributed by atoms with Gasteiger partial charge in [0.1, 0.15) is 0 Å². The van der Waals surface area contributed by atoms with Gasteiger partial charge in [-0.2, -0.15) is 0 Å². The highest BCUT2D eigenvalue weighted by Crippen LogP contribution is 2.11. The van der Waals surface area contributed by atoms with Gasteiger partial charge in [-0.25, -0.2) is 0 Å². The molecule has 3 heteroatoms. The summed E-state index contributed by atoms with van der Waals surface area (Å²) >= 11 is 5.26. The van der Waals surface area contributed by atoms with Crippen molar-refractivity contribution in [3.8, 4) is 0 Å². The average molecular weight is 178 g/mol. The molecule has 0 heterocycles. The Bertz CT molecular complexity index is 136. The van der Waals surface area contributed by atoms with Crippen LogP contribution in [-0.2, 0) is 0 Å². The van der Waals surface area contributed by atoms with Gasteiger partial charge < -0.3 is 4.90 Å². The van der Waals surface area contributed by atoms with Crippen LogP contribution >= 0.6 is 11.6 Å². The number of hydrogen-bond acceptors (Lipinski definition) is 1. The second-order valence-electron chi connectivity index (χ2n) is 3.35. The molecule has 0 aliphatic rings. The first kappa shape index (κ1) is 10.8.